The summed E-state index contributed by atoms with van der Waals surface area (Å²) in [5, 5.41) is 4.50. The zero-order valence-electron chi connectivity index (χ0n) is 13.6. The molecule has 0 bridgehead atoms. The van der Waals surface area contributed by atoms with Crippen LogP contribution in [0.2, 0.25) is 5.54 Å². The van der Waals surface area contributed by atoms with E-state index >= 15 is 0 Å². The molecule has 5 rings (SSSR count). The standard InChI is InChI=1S/C22H20OSi/c1-4-10-18(11-5-1)24(19-12-6-2-7-13-19,20-14-8-3-9-15-20)21-16-22(21)17-23-22/h1-15,21H,16-17H2/t21-,22-/m1/s1. The molecule has 1 aliphatic carbocycles. The molecule has 2 atom stereocenters. The third kappa shape index (κ3) is 1.97. The number of hydrogen-bond donors (Lipinski definition) is 0. The van der Waals surface area contributed by atoms with Crippen LogP contribution < -0.4 is 15.6 Å². The van der Waals surface area contributed by atoms with Gasteiger partial charge >= 0.3 is 0 Å². The van der Waals surface area contributed by atoms with Crippen molar-refractivity contribution in [3.63, 3.8) is 0 Å². The van der Waals surface area contributed by atoms with Crippen molar-refractivity contribution in [2.75, 3.05) is 6.61 Å². The van der Waals surface area contributed by atoms with Crippen LogP contribution in [0.1, 0.15) is 6.42 Å². The summed E-state index contributed by atoms with van der Waals surface area (Å²) >= 11 is 0. The number of ether oxygens (including phenoxy) is 1. The van der Waals surface area contributed by atoms with Crippen LogP contribution in [0.15, 0.2) is 91.0 Å². The normalized spacial score (nSPS) is 24.8. The first-order valence-corrected chi connectivity index (χ1v) is 10.7. The number of benzene rings is 3. The van der Waals surface area contributed by atoms with Gasteiger partial charge in [-0.05, 0) is 22.0 Å². The van der Waals surface area contributed by atoms with Crippen molar-refractivity contribution in [2.45, 2.75) is 17.6 Å². The van der Waals surface area contributed by atoms with Gasteiger partial charge in [-0.1, -0.05) is 91.0 Å². The van der Waals surface area contributed by atoms with Gasteiger partial charge < -0.3 is 4.74 Å². The Labute approximate surface area is 143 Å². The van der Waals surface area contributed by atoms with Gasteiger partial charge in [0, 0.05) is 5.54 Å². The SMILES string of the molecule is c1ccc([Si](c2ccccc2)(c2ccccc2)[C@@H]2C[C@@]23CO3)cc1. The topological polar surface area (TPSA) is 12.5 Å². The summed E-state index contributed by atoms with van der Waals surface area (Å²) in [6, 6.07) is 33.5. The predicted octanol–water partition coefficient (Wildman–Crippen LogP) is 2.70. The molecular formula is C22H20OSi. The monoisotopic (exact) mass is 328 g/mol. The molecule has 0 aromatic heterocycles. The van der Waals surface area contributed by atoms with E-state index in [1.54, 1.807) is 0 Å². The van der Waals surface area contributed by atoms with Gasteiger partial charge in [0.05, 0.1) is 12.2 Å². The first kappa shape index (κ1) is 14.2. The highest BCUT2D eigenvalue weighted by Crippen LogP contribution is 2.65. The summed E-state index contributed by atoms with van der Waals surface area (Å²) < 4.78 is 5.92. The van der Waals surface area contributed by atoms with Gasteiger partial charge in [0.2, 0.25) is 0 Å². The molecule has 0 N–H and O–H groups in total. The van der Waals surface area contributed by atoms with Crippen molar-refractivity contribution < 1.29 is 4.74 Å². The van der Waals surface area contributed by atoms with Gasteiger partial charge in [0.25, 0.3) is 0 Å². The molecule has 0 unspecified atom stereocenters. The van der Waals surface area contributed by atoms with Crippen molar-refractivity contribution >= 4 is 23.6 Å². The molecule has 24 heavy (non-hydrogen) atoms. The highest BCUT2D eigenvalue weighted by Gasteiger charge is 2.73. The molecule has 1 spiro atoms. The minimum Gasteiger partial charge on any atom is -0.370 e. The zero-order valence-corrected chi connectivity index (χ0v) is 14.6. The van der Waals surface area contributed by atoms with E-state index in [0.29, 0.717) is 5.54 Å². The van der Waals surface area contributed by atoms with E-state index in [9.17, 15) is 0 Å². The van der Waals surface area contributed by atoms with E-state index in [-0.39, 0.29) is 5.60 Å². The van der Waals surface area contributed by atoms with E-state index in [1.807, 2.05) is 0 Å². The van der Waals surface area contributed by atoms with Gasteiger partial charge in [-0.2, -0.15) is 0 Å². The molecule has 1 aliphatic heterocycles. The van der Waals surface area contributed by atoms with Gasteiger partial charge in [-0.25, -0.2) is 0 Å². The van der Waals surface area contributed by atoms with Crippen molar-refractivity contribution in [1.82, 2.24) is 0 Å². The van der Waals surface area contributed by atoms with Crippen molar-refractivity contribution in [3.8, 4) is 0 Å². The Balaban J connectivity index is 1.81. The van der Waals surface area contributed by atoms with Crippen LogP contribution >= 0.6 is 0 Å². The maximum absolute atomic E-state index is 5.92. The minimum absolute atomic E-state index is 0.174. The Morgan fingerprint density at radius 2 is 1.04 bits per heavy atom. The lowest BCUT2D eigenvalue weighted by Crippen LogP contribution is -2.68. The van der Waals surface area contributed by atoms with E-state index < -0.39 is 8.07 Å². The van der Waals surface area contributed by atoms with E-state index in [2.05, 4.69) is 91.0 Å². The highest BCUT2D eigenvalue weighted by atomic mass is 28.3. The van der Waals surface area contributed by atoms with Crippen LogP contribution in [0, 0.1) is 0 Å². The van der Waals surface area contributed by atoms with Crippen LogP contribution in [0.25, 0.3) is 0 Å². The minimum atomic E-state index is -2.09. The third-order valence-electron chi connectivity index (χ3n) is 5.75. The van der Waals surface area contributed by atoms with Crippen molar-refractivity contribution in [3.05, 3.63) is 91.0 Å². The molecule has 2 aliphatic rings. The van der Waals surface area contributed by atoms with Crippen LogP contribution in [0.5, 0.6) is 0 Å². The lowest BCUT2D eigenvalue weighted by molar-refractivity contribution is 0.398. The highest BCUT2D eigenvalue weighted by molar-refractivity contribution is 7.13. The van der Waals surface area contributed by atoms with E-state index in [0.717, 1.165) is 6.61 Å². The zero-order chi connectivity index (χ0) is 16.0. The van der Waals surface area contributed by atoms with Crippen molar-refractivity contribution in [1.29, 1.82) is 0 Å². The Hall–Kier alpha value is -2.16. The quantitative estimate of drug-likeness (QED) is 0.408. The molecule has 1 saturated carbocycles. The number of hydrogen-bond acceptors (Lipinski definition) is 1. The Morgan fingerprint density at radius 1 is 0.667 bits per heavy atom. The Morgan fingerprint density at radius 3 is 1.33 bits per heavy atom. The summed E-state index contributed by atoms with van der Waals surface area (Å²) in [5.41, 5.74) is 0.811. The molecule has 3 aromatic rings. The van der Waals surface area contributed by atoms with Gasteiger partial charge in [-0.15, -0.1) is 0 Å². The summed E-state index contributed by atoms with van der Waals surface area (Å²) in [5.74, 6) is 0. The van der Waals surface area contributed by atoms with Gasteiger partial charge in [-0.3, -0.25) is 0 Å². The molecule has 2 heteroatoms. The molecule has 1 nitrogen and oxygen atoms in total. The summed E-state index contributed by atoms with van der Waals surface area (Å²) in [6.07, 6.45) is 1.21. The summed E-state index contributed by atoms with van der Waals surface area (Å²) in [7, 11) is -2.09. The fourth-order valence-corrected chi connectivity index (χ4v) is 10.4. The van der Waals surface area contributed by atoms with Crippen LogP contribution in [0.4, 0.5) is 0 Å². The average molecular weight is 328 g/mol. The lowest BCUT2D eigenvalue weighted by atomic mass is 10.3. The maximum atomic E-state index is 5.92. The smallest absolute Gasteiger partial charge is 0.154 e. The fraction of sp³-hybridized carbons (Fsp3) is 0.182. The first-order chi connectivity index (χ1) is 11.9. The molecule has 118 valence electrons. The van der Waals surface area contributed by atoms with E-state index in [1.165, 1.54) is 22.0 Å². The van der Waals surface area contributed by atoms with Gasteiger partial charge in [0.1, 0.15) is 0 Å². The largest absolute Gasteiger partial charge is 0.370 e. The number of epoxide rings is 1. The third-order valence-corrected chi connectivity index (χ3v) is 11.3. The molecule has 1 saturated heterocycles. The molecule has 0 amide bonds. The second-order valence-electron chi connectivity index (χ2n) is 7.02. The summed E-state index contributed by atoms with van der Waals surface area (Å²) in [4.78, 5) is 0. The lowest BCUT2D eigenvalue weighted by Gasteiger charge is -2.34. The second kappa shape index (κ2) is 5.17. The van der Waals surface area contributed by atoms with E-state index in [4.69, 9.17) is 4.74 Å². The predicted molar refractivity (Wildman–Crippen MR) is 101 cm³/mol. The van der Waals surface area contributed by atoms with Crippen LogP contribution in [-0.4, -0.2) is 20.3 Å². The number of rotatable bonds is 4. The fourth-order valence-electron chi connectivity index (χ4n) is 4.45. The Kier molecular flexibility index (Phi) is 3.06. The summed E-state index contributed by atoms with van der Waals surface area (Å²) in [6.45, 7) is 0.943. The Bertz CT molecular complexity index is 744. The molecule has 0 radical (unpaired) electrons. The average Bonchev–Trinajstić information content (AvgIpc) is 3.59. The van der Waals surface area contributed by atoms with Crippen LogP contribution in [-0.2, 0) is 4.74 Å². The first-order valence-electron chi connectivity index (χ1n) is 8.67. The van der Waals surface area contributed by atoms with Gasteiger partial charge in [0.15, 0.2) is 8.07 Å². The second-order valence-corrected chi connectivity index (χ2v) is 11.1. The maximum Gasteiger partial charge on any atom is 0.154 e. The molecule has 3 aromatic carbocycles. The molecule has 2 fully saturated rings. The van der Waals surface area contributed by atoms with Crippen LogP contribution in [0.3, 0.4) is 0 Å². The molecule has 1 heterocycles. The van der Waals surface area contributed by atoms with Crippen molar-refractivity contribution in [2.24, 2.45) is 0 Å². The molecular weight excluding hydrogens is 308 g/mol.